The van der Waals surface area contributed by atoms with Crippen molar-refractivity contribution in [2.75, 3.05) is 18.0 Å². The first-order chi connectivity index (χ1) is 14.0. The van der Waals surface area contributed by atoms with Crippen LogP contribution < -0.4 is 4.90 Å². The van der Waals surface area contributed by atoms with Crippen molar-refractivity contribution in [3.8, 4) is 11.3 Å². The van der Waals surface area contributed by atoms with Crippen LogP contribution in [0.2, 0.25) is 10.0 Å². The minimum atomic E-state index is 0.593. The number of halogens is 2. The molecule has 1 aromatic carbocycles. The van der Waals surface area contributed by atoms with Crippen molar-refractivity contribution in [2.24, 2.45) is 11.8 Å². The Morgan fingerprint density at radius 2 is 2.03 bits per heavy atom. The molecule has 2 heterocycles. The summed E-state index contributed by atoms with van der Waals surface area (Å²) in [5.74, 6) is 2.69. The summed E-state index contributed by atoms with van der Waals surface area (Å²) in [7, 11) is 0. The molecule has 0 bridgehead atoms. The summed E-state index contributed by atoms with van der Waals surface area (Å²) in [6.45, 7) is 8.90. The zero-order valence-electron chi connectivity index (χ0n) is 17.3. The highest BCUT2D eigenvalue weighted by atomic mass is 35.5. The molecule has 1 fully saturated rings. The molecule has 6 heteroatoms. The molecule has 0 atom stereocenters. The molecule has 29 heavy (non-hydrogen) atoms. The number of rotatable bonds is 8. The van der Waals surface area contributed by atoms with Crippen LogP contribution in [-0.2, 0) is 6.42 Å². The molecule has 0 amide bonds. The Morgan fingerprint density at radius 3 is 2.69 bits per heavy atom. The summed E-state index contributed by atoms with van der Waals surface area (Å²) >= 11 is 12.6. The lowest BCUT2D eigenvalue weighted by Gasteiger charge is -2.26. The van der Waals surface area contributed by atoms with Gasteiger partial charge in [-0.1, -0.05) is 44.0 Å². The minimum absolute atomic E-state index is 0.593. The first-order valence-corrected chi connectivity index (χ1v) is 11.3. The normalized spacial score (nSPS) is 14.1. The Labute approximate surface area is 182 Å². The fourth-order valence-electron chi connectivity index (χ4n) is 3.76. The van der Waals surface area contributed by atoms with Crippen molar-refractivity contribution in [2.45, 2.75) is 46.5 Å². The Morgan fingerprint density at radius 1 is 1.24 bits per heavy atom. The number of nitrogens with zero attached hydrogens (tertiary/aromatic N) is 4. The van der Waals surface area contributed by atoms with Crippen LogP contribution in [0.15, 0.2) is 30.6 Å². The molecule has 1 aliphatic rings. The van der Waals surface area contributed by atoms with Crippen molar-refractivity contribution in [1.82, 2.24) is 14.4 Å². The SMILES string of the molecule is CCc1nc2c(-c3ccc(Cl)cc3Cl)nccn2c1N(CCC(C)C)CC1CC1. The maximum Gasteiger partial charge on any atom is 0.165 e. The molecule has 0 saturated heterocycles. The lowest BCUT2D eigenvalue weighted by molar-refractivity contribution is 0.561. The van der Waals surface area contributed by atoms with Gasteiger partial charge in [0.1, 0.15) is 11.5 Å². The quantitative estimate of drug-likeness (QED) is 0.407. The van der Waals surface area contributed by atoms with Crippen LogP contribution in [0.1, 0.15) is 45.7 Å². The van der Waals surface area contributed by atoms with E-state index in [2.05, 4.69) is 35.1 Å². The molecule has 2 aromatic heterocycles. The molecule has 4 nitrogen and oxygen atoms in total. The van der Waals surface area contributed by atoms with Gasteiger partial charge in [-0.25, -0.2) is 4.98 Å². The minimum Gasteiger partial charge on any atom is -0.356 e. The molecule has 0 unspecified atom stereocenters. The van der Waals surface area contributed by atoms with Crippen LogP contribution >= 0.6 is 23.2 Å². The first-order valence-electron chi connectivity index (χ1n) is 10.5. The molecule has 1 saturated carbocycles. The summed E-state index contributed by atoms with van der Waals surface area (Å²) in [4.78, 5) is 12.2. The van der Waals surface area contributed by atoms with Gasteiger partial charge in [-0.05, 0) is 55.7 Å². The molecule has 0 aliphatic heterocycles. The van der Waals surface area contributed by atoms with E-state index in [1.54, 1.807) is 6.07 Å². The predicted octanol–water partition coefficient (Wildman–Crippen LogP) is 6.53. The molecule has 1 aliphatic carbocycles. The summed E-state index contributed by atoms with van der Waals surface area (Å²) < 4.78 is 2.20. The van der Waals surface area contributed by atoms with Crippen LogP contribution in [0.4, 0.5) is 5.82 Å². The Balaban J connectivity index is 1.83. The second-order valence-corrected chi connectivity index (χ2v) is 9.24. The maximum absolute atomic E-state index is 6.50. The largest absolute Gasteiger partial charge is 0.356 e. The lowest BCUT2D eigenvalue weighted by Crippen LogP contribution is -2.29. The van der Waals surface area contributed by atoms with Crippen LogP contribution in [0.3, 0.4) is 0 Å². The van der Waals surface area contributed by atoms with Gasteiger partial charge in [0.05, 0.1) is 10.7 Å². The second-order valence-electron chi connectivity index (χ2n) is 8.40. The van der Waals surface area contributed by atoms with Crippen molar-refractivity contribution in [3.05, 3.63) is 46.3 Å². The average molecular weight is 431 g/mol. The van der Waals surface area contributed by atoms with Gasteiger partial charge in [-0.15, -0.1) is 0 Å². The van der Waals surface area contributed by atoms with Crippen LogP contribution in [0.5, 0.6) is 0 Å². The smallest absolute Gasteiger partial charge is 0.165 e. The topological polar surface area (TPSA) is 33.4 Å². The van der Waals surface area contributed by atoms with Gasteiger partial charge in [0.2, 0.25) is 0 Å². The van der Waals surface area contributed by atoms with Crippen molar-refractivity contribution in [1.29, 1.82) is 0 Å². The maximum atomic E-state index is 6.50. The van der Waals surface area contributed by atoms with Gasteiger partial charge in [-0.3, -0.25) is 9.38 Å². The standard InChI is InChI=1S/C23H28Cl2N4/c1-4-20-23(28(11-9-15(2)3)14-16-5-6-16)29-12-10-26-21(22(29)27-20)18-8-7-17(24)13-19(18)25/h7-8,10,12-13,15-16H,4-6,9,11,14H2,1-3H3. The van der Waals surface area contributed by atoms with Gasteiger partial charge >= 0.3 is 0 Å². The van der Waals surface area contributed by atoms with E-state index in [9.17, 15) is 0 Å². The highest BCUT2D eigenvalue weighted by Crippen LogP contribution is 2.36. The van der Waals surface area contributed by atoms with E-state index >= 15 is 0 Å². The van der Waals surface area contributed by atoms with Gasteiger partial charge in [-0.2, -0.15) is 0 Å². The predicted molar refractivity (Wildman–Crippen MR) is 122 cm³/mol. The fourth-order valence-corrected chi connectivity index (χ4v) is 4.26. The van der Waals surface area contributed by atoms with E-state index in [0.29, 0.717) is 16.0 Å². The third-order valence-electron chi connectivity index (χ3n) is 5.56. The summed E-state index contributed by atoms with van der Waals surface area (Å²) in [5.41, 5.74) is 3.63. The average Bonchev–Trinajstić information content (AvgIpc) is 3.42. The van der Waals surface area contributed by atoms with E-state index in [1.165, 1.54) is 25.1 Å². The zero-order chi connectivity index (χ0) is 20.5. The highest BCUT2D eigenvalue weighted by molar-refractivity contribution is 6.36. The van der Waals surface area contributed by atoms with Gasteiger partial charge in [0.15, 0.2) is 5.65 Å². The number of hydrogen-bond donors (Lipinski definition) is 0. The summed E-state index contributed by atoms with van der Waals surface area (Å²) in [6.07, 6.45) is 8.60. The number of fused-ring (bicyclic) bond motifs is 1. The van der Waals surface area contributed by atoms with Gasteiger partial charge in [0.25, 0.3) is 0 Å². The van der Waals surface area contributed by atoms with E-state index in [1.807, 2.05) is 24.5 Å². The summed E-state index contributed by atoms with van der Waals surface area (Å²) in [5, 5.41) is 1.21. The lowest BCUT2D eigenvalue weighted by atomic mass is 10.1. The van der Waals surface area contributed by atoms with Crippen molar-refractivity contribution in [3.63, 3.8) is 0 Å². The number of aromatic nitrogens is 3. The fraction of sp³-hybridized carbons (Fsp3) is 0.478. The van der Waals surface area contributed by atoms with Crippen LogP contribution in [0, 0.1) is 11.8 Å². The van der Waals surface area contributed by atoms with E-state index < -0.39 is 0 Å². The molecule has 0 radical (unpaired) electrons. The number of hydrogen-bond acceptors (Lipinski definition) is 3. The zero-order valence-corrected chi connectivity index (χ0v) is 18.8. The van der Waals surface area contributed by atoms with Crippen LogP contribution in [0.25, 0.3) is 16.9 Å². The summed E-state index contributed by atoms with van der Waals surface area (Å²) in [6, 6.07) is 5.53. The number of imidazole rings is 1. The Hall–Kier alpha value is -1.78. The molecule has 3 aromatic rings. The van der Waals surface area contributed by atoms with Crippen molar-refractivity contribution < 1.29 is 0 Å². The van der Waals surface area contributed by atoms with Gasteiger partial charge in [0, 0.05) is 36.1 Å². The highest BCUT2D eigenvalue weighted by Gasteiger charge is 2.28. The first kappa shape index (κ1) is 20.5. The molecule has 4 rings (SSSR count). The molecular formula is C23H28Cl2N4. The Kier molecular flexibility index (Phi) is 6.03. The third kappa shape index (κ3) is 4.39. The van der Waals surface area contributed by atoms with Crippen LogP contribution in [-0.4, -0.2) is 27.5 Å². The van der Waals surface area contributed by atoms with E-state index in [0.717, 1.165) is 48.0 Å². The van der Waals surface area contributed by atoms with Crippen molar-refractivity contribution >= 4 is 34.7 Å². The molecule has 0 spiro atoms. The molecule has 0 N–H and O–H groups in total. The third-order valence-corrected chi connectivity index (χ3v) is 6.11. The van der Waals surface area contributed by atoms with Gasteiger partial charge < -0.3 is 4.90 Å². The monoisotopic (exact) mass is 430 g/mol. The second kappa shape index (κ2) is 8.53. The van der Waals surface area contributed by atoms with E-state index in [-0.39, 0.29) is 0 Å². The number of anilines is 1. The molecule has 154 valence electrons. The van der Waals surface area contributed by atoms with E-state index in [4.69, 9.17) is 28.2 Å². The Bertz CT molecular complexity index is 1010. The number of benzene rings is 1. The molecular weight excluding hydrogens is 403 g/mol. The number of aryl methyl sites for hydroxylation is 1.